The number of hydrogen-bond acceptors (Lipinski definition) is 5. The topological polar surface area (TPSA) is 35.5 Å². The number of halogens is 18. The Morgan fingerprint density at radius 3 is 0.509 bits per heavy atom. The number of rotatable bonds is 18. The van der Waals surface area contributed by atoms with E-state index in [1.165, 1.54) is 0 Å². The summed E-state index contributed by atoms with van der Waals surface area (Å²) in [6.07, 6.45) is -36.8. The van der Waals surface area contributed by atoms with Crippen LogP contribution >= 0.6 is 0 Å². The minimum Gasteiger partial charge on any atom is -0.311 e. The van der Waals surface area contributed by atoms with Crippen molar-refractivity contribution in [2.75, 3.05) is 14.7 Å². The van der Waals surface area contributed by atoms with Gasteiger partial charge in [0.05, 0.1) is 11.4 Å². The van der Waals surface area contributed by atoms with Crippen LogP contribution in [-0.2, 0) is 16.2 Å². The van der Waals surface area contributed by atoms with Crippen molar-refractivity contribution in [2.45, 2.75) is 53.3 Å². The summed E-state index contributed by atoms with van der Waals surface area (Å²) in [5, 5.41) is 0. The summed E-state index contributed by atoms with van der Waals surface area (Å²) < 4.78 is 286. The zero-order valence-electron chi connectivity index (χ0n) is 55.8. The van der Waals surface area contributed by atoms with Gasteiger partial charge in [-0.15, -0.1) is 0 Å². The van der Waals surface area contributed by atoms with E-state index in [9.17, 15) is 0 Å². The standard InChI is InChI=1S/C85H55F18N5/c86-80(87,88)77(81(89,90)91,62-43-49-71(50-44-62)106(65-19-7-1-8-20-65)66-21-9-2-10-22-66)59-37-31-56(32-38-59)74-55-75(57-33-39-60(40-34-57)78(82(92,93)94,83(95,96)97)63-45-51-72(52-46-63)107(67-23-11-3-12-24-67)68-25-13-4-14-26-68)105-76(104-74)58-35-41-61(42-36-58)79(84(98,99)100,85(101,102)103)64-47-53-73(54-48-64)108(69-27-15-5-16-28-69)70-29-17-6-18-30-70/h1-55H. The van der Waals surface area contributed by atoms with Crippen molar-refractivity contribution in [3.05, 3.63) is 367 Å². The summed E-state index contributed by atoms with van der Waals surface area (Å²) in [7, 11) is 0. The largest absolute Gasteiger partial charge is 0.411 e. The second-order valence-electron chi connectivity index (χ2n) is 25.1. The quantitative estimate of drug-likeness (QED) is 0.0800. The van der Waals surface area contributed by atoms with Crippen molar-refractivity contribution in [1.29, 1.82) is 0 Å². The summed E-state index contributed by atoms with van der Waals surface area (Å²) in [5.41, 5.74) is -20.5. The van der Waals surface area contributed by atoms with Crippen LogP contribution in [0.4, 0.5) is 130 Å². The van der Waals surface area contributed by atoms with Gasteiger partial charge in [-0.05, 0) is 149 Å². The predicted octanol–water partition coefficient (Wildman–Crippen LogP) is 26.1. The average Bonchev–Trinajstić information content (AvgIpc) is 0.725. The Balaban J connectivity index is 0.933. The third kappa shape index (κ3) is 13.4. The molecule has 23 heteroatoms. The van der Waals surface area contributed by atoms with Crippen LogP contribution < -0.4 is 14.7 Å². The van der Waals surface area contributed by atoms with Gasteiger partial charge in [-0.2, -0.15) is 79.0 Å². The molecule has 1 aromatic heterocycles. The summed E-state index contributed by atoms with van der Waals surface area (Å²) in [6, 6.07) is 70.0. The van der Waals surface area contributed by atoms with Crippen molar-refractivity contribution in [3.63, 3.8) is 0 Å². The highest BCUT2D eigenvalue weighted by Gasteiger charge is 2.75. The first-order valence-corrected chi connectivity index (χ1v) is 33.0. The van der Waals surface area contributed by atoms with Crippen molar-refractivity contribution in [3.8, 4) is 33.9 Å². The number of aromatic nitrogens is 2. The summed E-state index contributed by atoms with van der Waals surface area (Å²) in [5.74, 6) is -0.613. The lowest BCUT2D eigenvalue weighted by molar-refractivity contribution is -0.290. The maximum absolute atomic E-state index is 15.9. The highest BCUT2D eigenvalue weighted by molar-refractivity contribution is 5.80. The van der Waals surface area contributed by atoms with Crippen molar-refractivity contribution in [1.82, 2.24) is 9.97 Å². The Morgan fingerprint density at radius 2 is 0.333 bits per heavy atom. The van der Waals surface area contributed by atoms with Crippen molar-refractivity contribution in [2.24, 2.45) is 0 Å². The van der Waals surface area contributed by atoms with Crippen LogP contribution in [0.3, 0.4) is 0 Å². The number of benzene rings is 12. The fourth-order valence-corrected chi connectivity index (χ4v) is 13.9. The van der Waals surface area contributed by atoms with Gasteiger partial charge in [0.1, 0.15) is 0 Å². The second kappa shape index (κ2) is 28.6. The van der Waals surface area contributed by atoms with Crippen LogP contribution in [0.2, 0.25) is 0 Å². The molecule has 0 saturated heterocycles. The molecule has 0 radical (unpaired) electrons. The summed E-state index contributed by atoms with van der Waals surface area (Å²) in [6.45, 7) is 0. The Kier molecular flexibility index (Phi) is 19.7. The molecule has 1 heterocycles. The maximum atomic E-state index is 15.9. The Labute approximate surface area is 606 Å². The van der Waals surface area contributed by atoms with Crippen LogP contribution in [-0.4, -0.2) is 47.0 Å². The predicted molar refractivity (Wildman–Crippen MR) is 380 cm³/mol. The minimum atomic E-state index is -6.13. The molecule has 0 fully saturated rings. The monoisotopic (exact) mass is 1490 g/mol. The molecule has 0 unspecified atom stereocenters. The number of nitrogens with zero attached hydrogens (tertiary/aromatic N) is 5. The lowest BCUT2D eigenvalue weighted by Gasteiger charge is -2.38. The zero-order chi connectivity index (χ0) is 76.7. The van der Waals surface area contributed by atoms with Crippen LogP contribution in [0.15, 0.2) is 334 Å². The summed E-state index contributed by atoms with van der Waals surface area (Å²) in [4.78, 5) is 13.7. The van der Waals surface area contributed by atoms with E-state index in [4.69, 9.17) is 0 Å². The second-order valence-corrected chi connectivity index (χ2v) is 25.1. The van der Waals surface area contributed by atoms with E-state index < -0.39 is 104 Å². The van der Waals surface area contributed by atoms with E-state index in [-0.39, 0.29) is 33.8 Å². The average molecular weight is 1490 g/mol. The Hall–Kier alpha value is -12.1. The number of anilines is 9. The van der Waals surface area contributed by atoms with E-state index in [0.717, 1.165) is 78.9 Å². The highest BCUT2D eigenvalue weighted by atomic mass is 19.4. The molecule has 5 nitrogen and oxygen atoms in total. The molecule has 0 aliphatic carbocycles. The number of para-hydroxylation sites is 6. The van der Waals surface area contributed by atoms with Crippen LogP contribution in [0.25, 0.3) is 33.9 Å². The van der Waals surface area contributed by atoms with Crippen molar-refractivity contribution < 1.29 is 79.0 Å². The normalized spacial score (nSPS) is 12.7. The molecule has 13 rings (SSSR count). The molecular weight excluding hydrogens is 1430 g/mol. The third-order valence-corrected chi connectivity index (χ3v) is 18.8. The van der Waals surface area contributed by atoms with E-state index >= 15 is 79.0 Å². The van der Waals surface area contributed by atoms with E-state index in [1.807, 2.05) is 0 Å². The molecule has 0 aliphatic heterocycles. The minimum absolute atomic E-state index is 0.169. The first-order valence-electron chi connectivity index (χ1n) is 33.0. The molecule has 108 heavy (non-hydrogen) atoms. The molecule has 0 atom stereocenters. The number of alkyl halides is 18. The summed E-state index contributed by atoms with van der Waals surface area (Å²) >= 11 is 0. The Morgan fingerprint density at radius 1 is 0.176 bits per heavy atom. The van der Waals surface area contributed by atoms with Crippen LogP contribution in [0, 0.1) is 0 Å². The molecule has 0 bridgehead atoms. The van der Waals surface area contributed by atoms with Crippen LogP contribution in [0.1, 0.15) is 33.4 Å². The van der Waals surface area contributed by atoms with Gasteiger partial charge < -0.3 is 14.7 Å². The van der Waals surface area contributed by atoms with Gasteiger partial charge in [0.25, 0.3) is 0 Å². The van der Waals surface area contributed by atoms with Gasteiger partial charge in [-0.3, -0.25) is 0 Å². The smallest absolute Gasteiger partial charge is 0.311 e. The molecule has 12 aromatic carbocycles. The first-order chi connectivity index (χ1) is 51.4. The van der Waals surface area contributed by atoms with Crippen LogP contribution in [0.5, 0.6) is 0 Å². The fourth-order valence-electron chi connectivity index (χ4n) is 13.9. The zero-order valence-corrected chi connectivity index (χ0v) is 55.8. The van der Waals surface area contributed by atoms with Gasteiger partial charge in [-0.25, -0.2) is 9.97 Å². The lowest BCUT2D eigenvalue weighted by Crippen LogP contribution is -2.54. The van der Waals surface area contributed by atoms with E-state index in [1.54, 1.807) is 197 Å². The highest BCUT2D eigenvalue weighted by Crippen LogP contribution is 2.60. The van der Waals surface area contributed by atoms with E-state index in [2.05, 4.69) is 9.97 Å². The van der Waals surface area contributed by atoms with Gasteiger partial charge in [0, 0.05) is 67.9 Å². The van der Waals surface area contributed by atoms with E-state index in [0.29, 0.717) is 107 Å². The van der Waals surface area contributed by atoms with Gasteiger partial charge >= 0.3 is 37.1 Å². The maximum Gasteiger partial charge on any atom is 0.411 e. The third-order valence-electron chi connectivity index (χ3n) is 18.8. The molecular formula is C85H55F18N5. The lowest BCUT2D eigenvalue weighted by atomic mass is 9.72. The van der Waals surface area contributed by atoms with Gasteiger partial charge in [-0.1, -0.05) is 218 Å². The number of hydrogen-bond donors (Lipinski definition) is 0. The fraction of sp³-hybridized carbons (Fsp3) is 0.106. The SMILES string of the molecule is FC(F)(F)C(c1ccc(-c2cc(-c3ccc(C(c4ccc(N(c5ccccc5)c5ccccc5)cc4)(C(F)(F)F)C(F)(F)F)cc3)nc(-c3ccc(C(c4ccc(N(c5ccccc5)c5ccccc5)cc4)(C(F)(F)F)C(F)(F)F)cc3)n2)cc1)(c1ccc(N(c2ccccc2)c2ccccc2)cc1)C(F)(F)F. The molecule has 0 amide bonds. The molecule has 0 aliphatic rings. The van der Waals surface area contributed by atoms with Gasteiger partial charge in [0.2, 0.25) is 16.2 Å². The molecule has 546 valence electrons. The molecule has 0 spiro atoms. The van der Waals surface area contributed by atoms with Gasteiger partial charge in [0.15, 0.2) is 5.82 Å². The first kappa shape index (κ1) is 74.1. The molecule has 13 aromatic rings. The Bertz CT molecular complexity index is 4490. The molecule has 0 N–H and O–H groups in total. The molecule has 0 saturated carbocycles. The van der Waals surface area contributed by atoms with Crippen molar-refractivity contribution >= 4 is 51.2 Å².